The van der Waals surface area contributed by atoms with Crippen molar-refractivity contribution < 1.29 is 32.9 Å². The molecule has 0 aromatic heterocycles. The average Bonchev–Trinajstić information content (AvgIpc) is 3.22. The summed E-state index contributed by atoms with van der Waals surface area (Å²) >= 11 is 0. The monoisotopic (exact) mass is 480 g/mol. The Hall–Kier alpha value is -4.68. The van der Waals surface area contributed by atoms with Crippen LogP contribution >= 0.6 is 0 Å². The molecule has 0 aliphatic rings. The number of hydrogen-bond donors (Lipinski definition) is 0. The third-order valence-corrected chi connectivity index (χ3v) is 5.56. The van der Waals surface area contributed by atoms with Crippen LogP contribution in [0, 0.1) is 0 Å². The van der Waals surface area contributed by atoms with Gasteiger partial charge in [-0.05, 0) is 71.7 Å². The van der Waals surface area contributed by atoms with Crippen molar-refractivity contribution in [3.63, 3.8) is 0 Å². The molecular weight excluding hydrogens is 432 g/mol. The molecule has 0 aliphatic heterocycles. The van der Waals surface area contributed by atoms with Gasteiger partial charge in [-0.25, -0.2) is 0 Å². The summed E-state index contributed by atoms with van der Waals surface area (Å²) in [4.78, 5) is 0. The molecule has 0 amide bonds. The zero-order chi connectivity index (χ0) is 44.8. The fourth-order valence-corrected chi connectivity index (χ4v) is 4.09. The number of benzene rings is 7. The lowest BCUT2D eigenvalue weighted by atomic mass is 9.84. The standard InChI is InChI=1S/C36H24/c1-3-12-25(13-4-1)28-22-23-33-34(24-28)36(30-21-11-17-26-14-7-8-18-29(26)30)32-20-10-9-19-31(32)35(33)27-15-5-2-6-16-27/h1-24H/i1D,2D,3D,4D,5D,6D,7D,8D,9D,10D,11D,12D,13D,14D,15D,16D,17D,18D,19D,20D,21D,22D,23D,24D. The van der Waals surface area contributed by atoms with Crippen molar-refractivity contribution >= 4 is 32.3 Å². The largest absolute Gasteiger partial charge is 0.0636 e. The van der Waals surface area contributed by atoms with Crippen LogP contribution in [0.4, 0.5) is 0 Å². The predicted molar refractivity (Wildman–Crippen MR) is 155 cm³/mol. The fourth-order valence-electron chi connectivity index (χ4n) is 4.09. The molecule has 0 saturated carbocycles. The van der Waals surface area contributed by atoms with Crippen molar-refractivity contribution in [2.75, 3.05) is 0 Å². The van der Waals surface area contributed by atoms with Crippen molar-refractivity contribution in [1.82, 2.24) is 0 Å². The highest BCUT2D eigenvalue weighted by Crippen LogP contribution is 2.46. The highest BCUT2D eigenvalue weighted by molar-refractivity contribution is 6.24. The predicted octanol–water partition coefficient (Wildman–Crippen LogP) is 10.1. The zero-order valence-corrected chi connectivity index (χ0v) is 18.0. The SMILES string of the molecule is [2H]c1c([2H])c([2H])c(-c2c([2H])c([2H])c3c(-c4c([2H])c([2H])c([2H])c([2H])c4[2H])c4c([2H])c([2H])c([2H])c([2H])c4c(-c4c([2H])c([2H])c([2H])c5c([2H])c([2H])c([2H])c([2H])c45)c3c2[2H])c([2H])c1[2H]. The van der Waals surface area contributed by atoms with Gasteiger partial charge in [0.15, 0.2) is 0 Å². The lowest BCUT2D eigenvalue weighted by Gasteiger charge is -2.19. The summed E-state index contributed by atoms with van der Waals surface area (Å²) in [5.41, 5.74) is -4.52. The van der Waals surface area contributed by atoms with E-state index < -0.39 is 211 Å². The minimum Gasteiger partial charge on any atom is -0.0622 e. The Morgan fingerprint density at radius 1 is 0.333 bits per heavy atom. The van der Waals surface area contributed by atoms with Gasteiger partial charge in [0.05, 0.1) is 32.9 Å². The smallest absolute Gasteiger partial charge is 0.0622 e. The molecule has 0 saturated heterocycles. The molecule has 0 fully saturated rings. The van der Waals surface area contributed by atoms with E-state index in [9.17, 15) is 8.22 Å². The summed E-state index contributed by atoms with van der Waals surface area (Å²) in [6.07, 6.45) is 0. The average molecular weight is 481 g/mol. The Labute approximate surface area is 244 Å². The highest BCUT2D eigenvalue weighted by Gasteiger charge is 2.18. The van der Waals surface area contributed by atoms with Crippen LogP contribution in [0.2, 0.25) is 0 Å². The number of fused-ring (bicyclic) bond motifs is 3. The van der Waals surface area contributed by atoms with Crippen LogP contribution in [0.3, 0.4) is 0 Å². The van der Waals surface area contributed by atoms with Crippen molar-refractivity contribution in [1.29, 1.82) is 0 Å². The molecule has 0 N–H and O–H groups in total. The Bertz CT molecular complexity index is 3120. The van der Waals surface area contributed by atoms with Crippen LogP contribution < -0.4 is 0 Å². The van der Waals surface area contributed by atoms with Gasteiger partial charge >= 0.3 is 0 Å². The van der Waals surface area contributed by atoms with Crippen LogP contribution in [-0.4, -0.2) is 0 Å². The minimum atomic E-state index is -1.03. The summed E-state index contributed by atoms with van der Waals surface area (Å²) in [5, 5.41) is -4.18. The first-order valence-electron chi connectivity index (χ1n) is 22.5. The van der Waals surface area contributed by atoms with Crippen molar-refractivity contribution in [3.05, 3.63) is 145 Å². The molecule has 0 nitrogen and oxygen atoms in total. The van der Waals surface area contributed by atoms with E-state index in [1.807, 2.05) is 0 Å². The second-order valence-electron chi connectivity index (χ2n) is 7.50. The molecule has 7 aromatic carbocycles. The second-order valence-corrected chi connectivity index (χ2v) is 7.50. The number of hydrogen-bond acceptors (Lipinski definition) is 0. The lowest BCUT2D eigenvalue weighted by molar-refractivity contribution is 1.63. The van der Waals surface area contributed by atoms with E-state index in [1.54, 1.807) is 0 Å². The molecule has 0 heteroatoms. The molecule has 7 aromatic rings. The quantitative estimate of drug-likeness (QED) is 0.221. The maximum absolute atomic E-state index is 9.79. The van der Waals surface area contributed by atoms with Crippen LogP contribution in [0.15, 0.2) is 145 Å². The fraction of sp³-hybridized carbons (Fsp3) is 0. The van der Waals surface area contributed by atoms with Crippen molar-refractivity contribution in [2.45, 2.75) is 0 Å². The van der Waals surface area contributed by atoms with Crippen molar-refractivity contribution in [2.24, 2.45) is 0 Å². The molecule has 0 unspecified atom stereocenters. The Balaban J connectivity index is 2.01. The molecule has 36 heavy (non-hydrogen) atoms. The lowest BCUT2D eigenvalue weighted by Crippen LogP contribution is -1.92. The van der Waals surface area contributed by atoms with Gasteiger partial charge in [-0.1, -0.05) is 139 Å². The van der Waals surface area contributed by atoms with Crippen LogP contribution in [-0.2, 0) is 0 Å². The molecule has 0 bridgehead atoms. The van der Waals surface area contributed by atoms with Gasteiger partial charge in [-0.15, -0.1) is 0 Å². The molecule has 0 radical (unpaired) electrons. The van der Waals surface area contributed by atoms with E-state index in [-0.39, 0.29) is 0 Å². The number of rotatable bonds is 3. The molecular formula is C36H24. The summed E-state index contributed by atoms with van der Waals surface area (Å²) in [5.74, 6) is 0. The zero-order valence-electron chi connectivity index (χ0n) is 42.0. The normalized spacial score (nSPS) is 20.7. The van der Waals surface area contributed by atoms with E-state index in [0.717, 1.165) is 0 Å². The van der Waals surface area contributed by atoms with E-state index >= 15 is 0 Å². The molecule has 0 atom stereocenters. The molecule has 168 valence electrons. The second kappa shape index (κ2) is 8.52. The molecule has 0 heterocycles. The molecule has 0 aliphatic carbocycles. The third-order valence-electron chi connectivity index (χ3n) is 5.56. The summed E-state index contributed by atoms with van der Waals surface area (Å²) in [7, 11) is 0. The van der Waals surface area contributed by atoms with Gasteiger partial charge in [0.1, 0.15) is 0 Å². The van der Waals surface area contributed by atoms with E-state index in [4.69, 9.17) is 24.7 Å². The summed E-state index contributed by atoms with van der Waals surface area (Å²) in [6.45, 7) is 0. The Kier molecular flexibility index (Phi) is 1.81. The van der Waals surface area contributed by atoms with Gasteiger partial charge in [-0.3, -0.25) is 0 Å². The van der Waals surface area contributed by atoms with E-state index in [2.05, 4.69) is 0 Å². The highest BCUT2D eigenvalue weighted by atomic mass is 14.2. The topological polar surface area (TPSA) is 0 Å². The maximum atomic E-state index is 9.79. The molecule has 0 spiro atoms. The van der Waals surface area contributed by atoms with Gasteiger partial charge < -0.3 is 0 Å². The van der Waals surface area contributed by atoms with Gasteiger partial charge in [0, 0.05) is 0 Å². The maximum Gasteiger partial charge on any atom is 0.0636 e. The van der Waals surface area contributed by atoms with Crippen molar-refractivity contribution in [3.8, 4) is 33.4 Å². The van der Waals surface area contributed by atoms with E-state index in [0.29, 0.717) is 0 Å². The Morgan fingerprint density at radius 2 is 0.889 bits per heavy atom. The third kappa shape index (κ3) is 3.31. The first kappa shape index (κ1) is 7.66. The van der Waals surface area contributed by atoms with E-state index in [1.165, 1.54) is 0 Å². The minimum absolute atomic E-state index is 0.630. The first-order valence-corrected chi connectivity index (χ1v) is 10.5. The van der Waals surface area contributed by atoms with Gasteiger partial charge in [0.25, 0.3) is 0 Å². The summed E-state index contributed by atoms with van der Waals surface area (Å²) < 4.78 is 211. The van der Waals surface area contributed by atoms with Gasteiger partial charge in [-0.2, -0.15) is 0 Å². The molecule has 7 rings (SSSR count). The summed E-state index contributed by atoms with van der Waals surface area (Å²) in [6, 6.07) is -22.4. The van der Waals surface area contributed by atoms with Crippen LogP contribution in [0.5, 0.6) is 0 Å². The van der Waals surface area contributed by atoms with Gasteiger partial charge in [0.2, 0.25) is 0 Å². The van der Waals surface area contributed by atoms with Crippen LogP contribution in [0.1, 0.15) is 32.9 Å². The first-order chi connectivity index (χ1) is 27.9. The Morgan fingerprint density at radius 3 is 1.64 bits per heavy atom. The van der Waals surface area contributed by atoms with Crippen LogP contribution in [0.25, 0.3) is 65.7 Å².